The Morgan fingerprint density at radius 1 is 1.17 bits per heavy atom. The predicted molar refractivity (Wildman–Crippen MR) is 130 cm³/mol. The van der Waals surface area contributed by atoms with Crippen LogP contribution in [0.3, 0.4) is 0 Å². The molecule has 1 amide bonds. The first-order chi connectivity index (χ1) is 17.1. The van der Waals surface area contributed by atoms with Crippen LogP contribution in [0.5, 0.6) is 17.2 Å². The van der Waals surface area contributed by atoms with Crippen molar-refractivity contribution in [3.05, 3.63) is 65.5 Å². The van der Waals surface area contributed by atoms with Crippen LogP contribution in [-0.4, -0.2) is 40.9 Å². The minimum atomic E-state index is -0.352. The van der Waals surface area contributed by atoms with Gasteiger partial charge in [0.1, 0.15) is 23.4 Å². The Balaban J connectivity index is 1.36. The van der Waals surface area contributed by atoms with E-state index in [4.69, 9.17) is 18.6 Å². The first-order valence-electron chi connectivity index (χ1n) is 11.2. The zero-order valence-electron chi connectivity index (χ0n) is 19.3. The number of rotatable bonds is 10. The molecule has 4 aromatic rings. The first-order valence-corrected chi connectivity index (χ1v) is 12.1. The quantitative estimate of drug-likeness (QED) is 0.308. The Bertz CT molecular complexity index is 1290. The monoisotopic (exact) mass is 492 g/mol. The van der Waals surface area contributed by atoms with E-state index < -0.39 is 0 Å². The van der Waals surface area contributed by atoms with Gasteiger partial charge in [0.2, 0.25) is 11.8 Å². The highest BCUT2D eigenvalue weighted by Crippen LogP contribution is 2.40. The smallest absolute Gasteiger partial charge is 0.261 e. The topological polar surface area (TPSA) is 109 Å². The lowest BCUT2D eigenvalue weighted by molar-refractivity contribution is 0.0916. The molecule has 1 atom stereocenters. The van der Waals surface area contributed by atoms with Crippen LogP contribution < -0.4 is 14.8 Å². The number of nitrogens with one attached hydrogen (secondary N) is 1. The van der Waals surface area contributed by atoms with Crippen molar-refractivity contribution in [1.82, 2.24) is 15.2 Å². The second-order valence-electron chi connectivity index (χ2n) is 8.18. The number of methoxy groups -OCH3 is 1. The summed E-state index contributed by atoms with van der Waals surface area (Å²) in [5, 5.41) is 13.4. The van der Waals surface area contributed by atoms with E-state index in [1.807, 2.05) is 19.1 Å². The molecule has 1 N–H and O–H groups in total. The van der Waals surface area contributed by atoms with Crippen LogP contribution in [0.15, 0.2) is 58.5 Å². The van der Waals surface area contributed by atoms with Crippen LogP contribution in [-0.2, 0) is 4.74 Å². The van der Waals surface area contributed by atoms with Crippen molar-refractivity contribution >= 4 is 22.4 Å². The number of thiazole rings is 1. The molecule has 2 heterocycles. The normalized spacial score (nSPS) is 13.9. The van der Waals surface area contributed by atoms with Crippen LogP contribution >= 0.6 is 11.3 Å². The Kier molecular flexibility index (Phi) is 6.73. The lowest BCUT2D eigenvalue weighted by Gasteiger charge is -2.16. The van der Waals surface area contributed by atoms with Gasteiger partial charge in [0.25, 0.3) is 5.91 Å². The zero-order valence-corrected chi connectivity index (χ0v) is 20.1. The molecule has 9 nitrogen and oxygen atoms in total. The molecule has 5 rings (SSSR count). The van der Waals surface area contributed by atoms with Crippen LogP contribution in [0.2, 0.25) is 0 Å². The largest absolute Gasteiger partial charge is 0.488 e. The van der Waals surface area contributed by atoms with E-state index >= 15 is 0 Å². The SMILES string of the molecule is COCC(C)Oc1ccc(Oc2ccc(-c3nnc(C4CC4)o3)cc2)c(C(=O)Nc2nccs2)c1. The minimum Gasteiger partial charge on any atom is -0.488 e. The second kappa shape index (κ2) is 10.2. The van der Waals surface area contributed by atoms with E-state index in [0.29, 0.717) is 52.2 Å². The van der Waals surface area contributed by atoms with Gasteiger partial charge in [0.05, 0.1) is 12.2 Å². The Morgan fingerprint density at radius 2 is 1.97 bits per heavy atom. The standard InChI is InChI=1S/C25H24N4O5S/c1-15(14-31-2)32-19-9-10-21(20(13-19)22(30)27-25-26-11-12-35-25)33-18-7-5-17(6-8-18)24-29-28-23(34-24)16-3-4-16/h5-13,15-16H,3-4,14H2,1-2H3,(H,26,27,30). The Hall–Kier alpha value is -3.76. The molecule has 0 saturated heterocycles. The van der Waals surface area contributed by atoms with Crippen LogP contribution in [0.1, 0.15) is 41.9 Å². The summed E-state index contributed by atoms with van der Waals surface area (Å²) >= 11 is 1.33. The number of anilines is 1. The summed E-state index contributed by atoms with van der Waals surface area (Å²) < 4.78 is 22.9. The summed E-state index contributed by atoms with van der Waals surface area (Å²) in [4.78, 5) is 17.2. The molecule has 1 aliphatic carbocycles. The fourth-order valence-corrected chi connectivity index (χ4v) is 3.96. The molecule has 0 radical (unpaired) electrons. The van der Waals surface area contributed by atoms with Gasteiger partial charge in [-0.15, -0.1) is 21.5 Å². The molecule has 35 heavy (non-hydrogen) atoms. The van der Waals surface area contributed by atoms with Crippen molar-refractivity contribution in [3.8, 4) is 28.7 Å². The Morgan fingerprint density at radius 3 is 2.69 bits per heavy atom. The average molecular weight is 493 g/mol. The van der Waals surface area contributed by atoms with Gasteiger partial charge in [-0.3, -0.25) is 10.1 Å². The third kappa shape index (κ3) is 5.67. The van der Waals surface area contributed by atoms with Crippen molar-refractivity contribution in [1.29, 1.82) is 0 Å². The fourth-order valence-electron chi connectivity index (χ4n) is 3.44. The van der Waals surface area contributed by atoms with E-state index in [2.05, 4.69) is 20.5 Å². The molecule has 2 aromatic carbocycles. The van der Waals surface area contributed by atoms with E-state index in [-0.39, 0.29) is 12.0 Å². The molecule has 2 aromatic heterocycles. The molecular formula is C25H24N4O5S. The van der Waals surface area contributed by atoms with Crippen molar-refractivity contribution in [2.75, 3.05) is 19.0 Å². The summed E-state index contributed by atoms with van der Waals surface area (Å²) in [5.41, 5.74) is 1.12. The number of ether oxygens (including phenoxy) is 3. The van der Waals surface area contributed by atoms with Gasteiger partial charge in [-0.2, -0.15) is 0 Å². The highest BCUT2D eigenvalue weighted by molar-refractivity contribution is 7.13. The average Bonchev–Trinajstić information content (AvgIpc) is 3.35. The van der Waals surface area contributed by atoms with Gasteiger partial charge in [-0.05, 0) is 62.2 Å². The molecule has 0 bridgehead atoms. The summed E-state index contributed by atoms with van der Waals surface area (Å²) in [5.74, 6) is 2.69. The number of benzene rings is 2. The van der Waals surface area contributed by atoms with E-state index in [1.54, 1.807) is 49.0 Å². The van der Waals surface area contributed by atoms with Gasteiger partial charge in [0.15, 0.2) is 5.13 Å². The highest BCUT2D eigenvalue weighted by atomic mass is 32.1. The third-order valence-corrected chi connectivity index (χ3v) is 5.97. The number of nitrogens with zero attached hydrogens (tertiary/aromatic N) is 3. The summed E-state index contributed by atoms with van der Waals surface area (Å²) in [6, 6.07) is 12.4. The van der Waals surface area contributed by atoms with Crippen LogP contribution in [0.25, 0.3) is 11.5 Å². The van der Waals surface area contributed by atoms with Crippen LogP contribution in [0.4, 0.5) is 5.13 Å². The van der Waals surface area contributed by atoms with Crippen molar-refractivity contribution in [2.24, 2.45) is 0 Å². The molecule has 10 heteroatoms. The molecule has 1 saturated carbocycles. The van der Waals surface area contributed by atoms with Crippen molar-refractivity contribution in [2.45, 2.75) is 31.8 Å². The van der Waals surface area contributed by atoms with E-state index in [9.17, 15) is 4.79 Å². The molecule has 1 fully saturated rings. The summed E-state index contributed by atoms with van der Waals surface area (Å²) in [6.07, 6.45) is 3.64. The highest BCUT2D eigenvalue weighted by Gasteiger charge is 2.29. The maximum atomic E-state index is 13.1. The Labute approximate surface area is 206 Å². The predicted octanol–water partition coefficient (Wildman–Crippen LogP) is 5.53. The zero-order chi connectivity index (χ0) is 24.2. The van der Waals surface area contributed by atoms with Gasteiger partial charge in [-0.1, -0.05) is 0 Å². The molecular weight excluding hydrogens is 468 g/mol. The van der Waals surface area contributed by atoms with Gasteiger partial charge < -0.3 is 18.6 Å². The fraction of sp³-hybridized carbons (Fsp3) is 0.280. The van der Waals surface area contributed by atoms with E-state index in [0.717, 1.165) is 18.4 Å². The number of hydrogen-bond donors (Lipinski definition) is 1. The van der Waals surface area contributed by atoms with Crippen LogP contribution in [0, 0.1) is 0 Å². The van der Waals surface area contributed by atoms with E-state index in [1.165, 1.54) is 11.3 Å². The van der Waals surface area contributed by atoms with Gasteiger partial charge >= 0.3 is 0 Å². The van der Waals surface area contributed by atoms with Gasteiger partial charge in [0, 0.05) is 30.2 Å². The minimum absolute atomic E-state index is 0.181. The lowest BCUT2D eigenvalue weighted by atomic mass is 10.1. The maximum Gasteiger partial charge on any atom is 0.261 e. The number of hydrogen-bond acceptors (Lipinski definition) is 9. The molecule has 1 unspecified atom stereocenters. The number of carbonyl (C=O) groups excluding carboxylic acids is 1. The third-order valence-electron chi connectivity index (χ3n) is 5.28. The lowest BCUT2D eigenvalue weighted by Crippen LogP contribution is -2.18. The van der Waals surface area contributed by atoms with Crippen molar-refractivity contribution < 1.29 is 23.4 Å². The summed E-state index contributed by atoms with van der Waals surface area (Å²) in [7, 11) is 1.61. The molecule has 1 aliphatic rings. The number of aromatic nitrogens is 3. The first kappa shape index (κ1) is 23.0. The van der Waals surface area contributed by atoms with Crippen molar-refractivity contribution in [3.63, 3.8) is 0 Å². The summed E-state index contributed by atoms with van der Waals surface area (Å²) in [6.45, 7) is 2.31. The molecule has 0 spiro atoms. The number of carbonyl (C=O) groups is 1. The molecule has 180 valence electrons. The van der Waals surface area contributed by atoms with Gasteiger partial charge in [-0.25, -0.2) is 4.98 Å². The maximum absolute atomic E-state index is 13.1. The second-order valence-corrected chi connectivity index (χ2v) is 9.07. The number of amides is 1. The molecule has 0 aliphatic heterocycles.